The second kappa shape index (κ2) is 18.5. The Kier molecular flexibility index (Phi) is 13.6. The minimum Gasteiger partial charge on any atom is -0.461 e. The van der Waals surface area contributed by atoms with Gasteiger partial charge in [-0.05, 0) is 106 Å². The van der Waals surface area contributed by atoms with Crippen molar-refractivity contribution in [2.24, 2.45) is 0 Å². The van der Waals surface area contributed by atoms with Crippen LogP contribution >= 0.6 is 0 Å². The summed E-state index contributed by atoms with van der Waals surface area (Å²) in [7, 11) is 0. The third kappa shape index (κ3) is 12.6. The fraction of sp³-hybridized carbons (Fsp3) is 0.318. The Bertz CT molecular complexity index is 2180. The number of aromatic nitrogens is 1. The van der Waals surface area contributed by atoms with Crippen molar-refractivity contribution in [3.05, 3.63) is 142 Å². The number of fused-ring (bicyclic) bond motifs is 1. The van der Waals surface area contributed by atoms with Gasteiger partial charge in [-0.2, -0.15) is 0 Å². The first kappa shape index (κ1) is 41.8. The molecule has 0 saturated heterocycles. The van der Waals surface area contributed by atoms with Crippen molar-refractivity contribution in [2.75, 3.05) is 10.4 Å². The van der Waals surface area contributed by atoms with Gasteiger partial charge < -0.3 is 20.1 Å². The predicted octanol–water partition coefficient (Wildman–Crippen LogP) is 9.15. The third-order valence-corrected chi connectivity index (χ3v) is 8.42. The van der Waals surface area contributed by atoms with Gasteiger partial charge in [0.1, 0.15) is 18.2 Å². The molecule has 0 bridgehead atoms. The van der Waals surface area contributed by atoms with Crippen LogP contribution in [0.25, 0.3) is 10.8 Å². The van der Waals surface area contributed by atoms with Gasteiger partial charge in [-0.3, -0.25) is 24.5 Å². The number of carbonyl (C=O) groups excluding carboxylic acids is 3. The maximum Gasteiger partial charge on any atom is 0.440 e. The first-order chi connectivity index (χ1) is 27.0. The van der Waals surface area contributed by atoms with Crippen molar-refractivity contribution in [1.29, 1.82) is 0 Å². The quantitative estimate of drug-likeness (QED) is 0.0596. The Labute approximate surface area is 332 Å². The van der Waals surface area contributed by atoms with E-state index in [4.69, 9.17) is 14.3 Å². The number of pyridine rings is 1. The summed E-state index contributed by atoms with van der Waals surface area (Å²) in [6, 6.07) is 29.5. The number of benzene rings is 4. The van der Waals surface area contributed by atoms with Gasteiger partial charge in [0.2, 0.25) is 5.91 Å². The minimum atomic E-state index is -0.869. The monoisotopic (exact) mass is 775 g/mol. The lowest BCUT2D eigenvalue weighted by Crippen LogP contribution is -2.42. The molecule has 0 radical (unpaired) electrons. The predicted molar refractivity (Wildman–Crippen MR) is 218 cm³/mol. The molecule has 13 heteroatoms. The molecule has 1 aromatic heterocycles. The molecule has 0 aliphatic carbocycles. The van der Waals surface area contributed by atoms with Crippen molar-refractivity contribution in [3.63, 3.8) is 0 Å². The van der Waals surface area contributed by atoms with E-state index in [-0.39, 0.29) is 43.0 Å². The van der Waals surface area contributed by atoms with E-state index in [2.05, 4.69) is 15.6 Å². The Morgan fingerprint density at radius 3 is 2.23 bits per heavy atom. The molecule has 0 spiro atoms. The summed E-state index contributed by atoms with van der Waals surface area (Å²) in [5, 5.41) is 20.0. The minimum absolute atomic E-state index is 0.0676. The van der Waals surface area contributed by atoms with Crippen LogP contribution in [0.15, 0.2) is 109 Å². The number of esters is 1. The number of nitrogens with zero attached hydrogens (tertiary/aromatic N) is 3. The van der Waals surface area contributed by atoms with E-state index in [1.807, 2.05) is 81.4 Å². The summed E-state index contributed by atoms with van der Waals surface area (Å²) >= 11 is 0. The Hall–Kier alpha value is -6.34. The normalized spacial score (nSPS) is 12.0. The zero-order valence-corrected chi connectivity index (χ0v) is 33.1. The third-order valence-electron chi connectivity index (χ3n) is 8.42. The molecule has 5 rings (SSSR count). The highest BCUT2D eigenvalue weighted by atomic mass is 16.7. The van der Waals surface area contributed by atoms with Crippen LogP contribution in [-0.4, -0.2) is 39.1 Å². The standard InChI is InChI=1S/C44H49N5O8/c1-43(2,3)56-42(52)48(57-44(4,5)6)40-37-23-22-35(27-34(37)24-25-45-40)47-39(41(51)46-28-32-15-10-16-36(26-32)49(53)54)33-20-18-30(19-21-33)14-11-17-38(50)55-29-31-12-8-7-9-13-31/h7-10,12-13,15-16,18-27,39,47H,11,14,17,28-29H2,1-6H3,(H,46,51). The molecule has 0 aliphatic heterocycles. The van der Waals surface area contributed by atoms with Crippen molar-refractivity contribution in [3.8, 4) is 0 Å². The number of anilines is 2. The fourth-order valence-electron chi connectivity index (χ4n) is 5.82. The van der Waals surface area contributed by atoms with Crippen LogP contribution < -0.4 is 15.7 Å². The zero-order chi connectivity index (χ0) is 41.2. The van der Waals surface area contributed by atoms with Gasteiger partial charge in [0.05, 0.1) is 10.5 Å². The highest BCUT2D eigenvalue weighted by Crippen LogP contribution is 2.32. The molecular formula is C44H49N5O8. The topological polar surface area (TPSA) is 162 Å². The Morgan fingerprint density at radius 2 is 1.54 bits per heavy atom. The molecule has 298 valence electrons. The van der Waals surface area contributed by atoms with E-state index < -0.39 is 28.3 Å². The number of non-ortho nitro benzene ring substituents is 1. The van der Waals surface area contributed by atoms with Crippen LogP contribution in [0.2, 0.25) is 0 Å². The van der Waals surface area contributed by atoms with Crippen LogP contribution in [0.5, 0.6) is 0 Å². The molecule has 0 aliphatic rings. The summed E-state index contributed by atoms with van der Waals surface area (Å²) < 4.78 is 11.1. The molecule has 1 heterocycles. The van der Waals surface area contributed by atoms with Crippen LogP contribution in [0.3, 0.4) is 0 Å². The smallest absolute Gasteiger partial charge is 0.440 e. The lowest BCUT2D eigenvalue weighted by atomic mass is 10.0. The molecule has 0 fully saturated rings. The Balaban J connectivity index is 1.36. The highest BCUT2D eigenvalue weighted by molar-refractivity contribution is 6.00. The van der Waals surface area contributed by atoms with Gasteiger partial charge in [0, 0.05) is 42.4 Å². The average Bonchev–Trinajstić information content (AvgIpc) is 3.17. The number of hydroxylamine groups is 1. The second-order valence-electron chi connectivity index (χ2n) is 15.5. The zero-order valence-electron chi connectivity index (χ0n) is 33.1. The van der Waals surface area contributed by atoms with Gasteiger partial charge >= 0.3 is 12.1 Å². The molecule has 4 aromatic carbocycles. The number of hydrogen-bond acceptors (Lipinski definition) is 10. The lowest BCUT2D eigenvalue weighted by Gasteiger charge is -2.31. The maximum absolute atomic E-state index is 13.9. The van der Waals surface area contributed by atoms with Crippen LogP contribution in [0.1, 0.15) is 82.7 Å². The van der Waals surface area contributed by atoms with E-state index in [9.17, 15) is 24.5 Å². The molecular weight excluding hydrogens is 727 g/mol. The molecule has 13 nitrogen and oxygen atoms in total. The van der Waals surface area contributed by atoms with Crippen molar-refractivity contribution in [1.82, 2.24) is 10.3 Å². The SMILES string of the molecule is CC(C)(C)OC(=O)N(OC(C)(C)C)c1nccc2cc(NC(C(=O)NCc3cccc([N+](=O)[O-])c3)c3ccc(CCCC(=O)OCc4ccccc4)cc3)ccc12. The molecule has 1 atom stereocenters. The van der Waals surface area contributed by atoms with Crippen molar-refractivity contribution in [2.45, 2.75) is 91.2 Å². The van der Waals surface area contributed by atoms with Gasteiger partial charge in [-0.25, -0.2) is 9.78 Å². The van der Waals surface area contributed by atoms with Gasteiger partial charge in [0.25, 0.3) is 5.69 Å². The number of ether oxygens (including phenoxy) is 2. The largest absolute Gasteiger partial charge is 0.461 e. The Morgan fingerprint density at radius 1 is 0.825 bits per heavy atom. The number of aryl methyl sites for hydroxylation is 1. The summed E-state index contributed by atoms with van der Waals surface area (Å²) in [6.45, 7) is 11.1. The van der Waals surface area contributed by atoms with E-state index >= 15 is 0 Å². The first-order valence-corrected chi connectivity index (χ1v) is 18.7. The number of nitro benzene ring substituents is 1. The molecule has 57 heavy (non-hydrogen) atoms. The molecule has 2 N–H and O–H groups in total. The first-order valence-electron chi connectivity index (χ1n) is 18.7. The fourth-order valence-corrected chi connectivity index (χ4v) is 5.82. The summed E-state index contributed by atoms with van der Waals surface area (Å²) in [5.41, 5.74) is 2.17. The number of hydrogen-bond donors (Lipinski definition) is 2. The number of amides is 2. The van der Waals surface area contributed by atoms with E-state index in [0.29, 0.717) is 40.4 Å². The lowest BCUT2D eigenvalue weighted by molar-refractivity contribution is -0.384. The number of nitrogens with one attached hydrogen (secondary N) is 2. The molecule has 0 saturated carbocycles. The van der Waals surface area contributed by atoms with E-state index in [1.54, 1.807) is 57.3 Å². The number of rotatable bonds is 15. The number of carbonyl (C=O) groups is 3. The molecule has 5 aromatic rings. The van der Waals surface area contributed by atoms with E-state index in [1.165, 1.54) is 12.1 Å². The van der Waals surface area contributed by atoms with Crippen LogP contribution in [0.4, 0.5) is 22.0 Å². The van der Waals surface area contributed by atoms with Gasteiger partial charge in [0.15, 0.2) is 5.82 Å². The van der Waals surface area contributed by atoms with Crippen LogP contribution in [-0.2, 0) is 43.5 Å². The summed E-state index contributed by atoms with van der Waals surface area (Å²) in [4.78, 5) is 61.0. The maximum atomic E-state index is 13.9. The summed E-state index contributed by atoms with van der Waals surface area (Å²) in [5.74, 6) is -0.382. The number of nitro groups is 1. The second-order valence-corrected chi connectivity index (χ2v) is 15.5. The van der Waals surface area contributed by atoms with Gasteiger partial charge in [-0.15, -0.1) is 5.06 Å². The van der Waals surface area contributed by atoms with Crippen molar-refractivity contribution >= 4 is 45.9 Å². The highest BCUT2D eigenvalue weighted by Gasteiger charge is 2.31. The molecule has 1 unspecified atom stereocenters. The van der Waals surface area contributed by atoms with Crippen LogP contribution in [0, 0.1) is 10.1 Å². The molecule has 2 amide bonds. The summed E-state index contributed by atoms with van der Waals surface area (Å²) in [6.07, 6.45) is 2.36. The van der Waals surface area contributed by atoms with E-state index in [0.717, 1.165) is 16.2 Å². The van der Waals surface area contributed by atoms with Gasteiger partial charge in [-0.1, -0.05) is 66.7 Å². The average molecular weight is 776 g/mol. The van der Waals surface area contributed by atoms with Crippen molar-refractivity contribution < 1.29 is 33.6 Å².